The minimum absolute atomic E-state index is 0.357. The van der Waals surface area contributed by atoms with Crippen molar-refractivity contribution in [3.05, 3.63) is 65.6 Å². The first kappa shape index (κ1) is 23.7. The molecule has 0 spiro atoms. The molecule has 0 radical (unpaired) electrons. The quantitative estimate of drug-likeness (QED) is 0.497. The highest BCUT2D eigenvalue weighted by molar-refractivity contribution is 5.83. The number of amides is 1. The largest absolute Gasteiger partial charge is 0.444 e. The number of rotatable bonds is 3. The second kappa shape index (κ2) is 8.70. The summed E-state index contributed by atoms with van der Waals surface area (Å²) in [6, 6.07) is 8.74. The van der Waals surface area contributed by atoms with Crippen LogP contribution in [-0.4, -0.2) is 32.7 Å². The van der Waals surface area contributed by atoms with Crippen LogP contribution in [0.5, 0.6) is 0 Å². The fraction of sp³-hybridized carbons (Fsp3) is 0.360. The van der Waals surface area contributed by atoms with Gasteiger partial charge < -0.3 is 19.5 Å². The van der Waals surface area contributed by atoms with Crippen molar-refractivity contribution in [2.75, 3.05) is 11.9 Å². The molecule has 1 amide bonds. The van der Waals surface area contributed by atoms with Crippen LogP contribution >= 0.6 is 0 Å². The minimum atomic E-state index is -4.39. The molecule has 0 atom stereocenters. The summed E-state index contributed by atoms with van der Waals surface area (Å²) in [5.41, 5.74) is 3.66. The normalized spacial score (nSPS) is 14.0. The summed E-state index contributed by atoms with van der Waals surface area (Å²) in [6.45, 7) is 6.40. The number of carbonyl (C=O) groups excluding carboxylic acids is 1. The summed E-state index contributed by atoms with van der Waals surface area (Å²) in [6.07, 6.45) is -0.545. The summed E-state index contributed by atoms with van der Waals surface area (Å²) >= 11 is 0. The van der Waals surface area contributed by atoms with Crippen LogP contribution in [0.15, 0.2) is 48.9 Å². The molecule has 2 heterocycles. The Bertz CT molecular complexity index is 1190. The molecule has 9 heteroatoms. The van der Waals surface area contributed by atoms with Crippen molar-refractivity contribution in [3.8, 4) is 11.3 Å². The van der Waals surface area contributed by atoms with Crippen molar-refractivity contribution in [2.45, 2.75) is 45.5 Å². The summed E-state index contributed by atoms with van der Waals surface area (Å²) in [7, 11) is 1.87. The van der Waals surface area contributed by atoms with E-state index >= 15 is 0 Å². The van der Waals surface area contributed by atoms with Gasteiger partial charge in [-0.2, -0.15) is 13.2 Å². The molecule has 1 aliphatic rings. The third kappa shape index (κ3) is 5.18. The van der Waals surface area contributed by atoms with Gasteiger partial charge in [0.15, 0.2) is 0 Å². The number of aryl methyl sites for hydroxylation is 1. The number of carbonyl (C=O) groups is 1. The maximum atomic E-state index is 12.9. The van der Waals surface area contributed by atoms with E-state index in [9.17, 15) is 18.0 Å². The summed E-state index contributed by atoms with van der Waals surface area (Å²) in [4.78, 5) is 18.8. The van der Waals surface area contributed by atoms with Gasteiger partial charge in [-0.1, -0.05) is 6.07 Å². The number of nitrogens with zero attached hydrogens (tertiary/aromatic N) is 3. The molecule has 2 aromatic carbocycles. The number of fused-ring (bicyclic) bond motifs is 1. The summed E-state index contributed by atoms with van der Waals surface area (Å²) < 4.78 is 46.2. The van der Waals surface area contributed by atoms with Crippen LogP contribution in [0.1, 0.15) is 37.5 Å². The van der Waals surface area contributed by atoms with E-state index in [4.69, 9.17) is 4.74 Å². The van der Waals surface area contributed by atoms with Gasteiger partial charge in [-0.3, -0.25) is 0 Å². The first-order chi connectivity index (χ1) is 15.9. The lowest BCUT2D eigenvalue weighted by atomic mass is 9.91. The van der Waals surface area contributed by atoms with E-state index in [2.05, 4.69) is 10.3 Å². The van der Waals surface area contributed by atoms with E-state index in [0.717, 1.165) is 40.2 Å². The molecular formula is C25H27F3N4O2. The van der Waals surface area contributed by atoms with Crippen LogP contribution in [0, 0.1) is 0 Å². The van der Waals surface area contributed by atoms with Gasteiger partial charge in [0.2, 0.25) is 0 Å². The second-order valence-corrected chi connectivity index (χ2v) is 9.40. The molecule has 180 valence electrons. The SMILES string of the molecule is Cn1cnc(-c2c(Nc3ccc(C(F)(F)F)cc3)ccc3c2CCN(C(=O)OC(C)(C)C)C3)c1. The van der Waals surface area contributed by atoms with E-state index in [1.54, 1.807) is 11.2 Å². The highest BCUT2D eigenvalue weighted by Crippen LogP contribution is 2.38. The lowest BCUT2D eigenvalue weighted by Gasteiger charge is -2.32. The smallest absolute Gasteiger partial charge is 0.416 e. The minimum Gasteiger partial charge on any atom is -0.444 e. The predicted octanol–water partition coefficient (Wildman–Crippen LogP) is 6.14. The summed E-state index contributed by atoms with van der Waals surface area (Å²) in [5, 5.41) is 3.25. The number of ether oxygens (including phenoxy) is 1. The zero-order chi connectivity index (χ0) is 24.7. The Balaban J connectivity index is 1.67. The van der Waals surface area contributed by atoms with Crippen molar-refractivity contribution in [2.24, 2.45) is 7.05 Å². The lowest BCUT2D eigenvalue weighted by Crippen LogP contribution is -2.40. The first-order valence-corrected chi connectivity index (χ1v) is 11.0. The van der Waals surface area contributed by atoms with Gasteiger partial charge in [0.25, 0.3) is 0 Å². The molecule has 0 bridgehead atoms. The Morgan fingerprint density at radius 1 is 1.09 bits per heavy atom. The van der Waals surface area contributed by atoms with Gasteiger partial charge in [0.05, 0.1) is 17.6 Å². The molecule has 1 aromatic heterocycles. The van der Waals surface area contributed by atoms with Crippen LogP contribution in [0.4, 0.5) is 29.3 Å². The van der Waals surface area contributed by atoms with Crippen LogP contribution in [-0.2, 0) is 30.9 Å². The Morgan fingerprint density at radius 2 is 1.79 bits per heavy atom. The molecule has 4 rings (SSSR count). The van der Waals surface area contributed by atoms with E-state index in [0.29, 0.717) is 25.2 Å². The van der Waals surface area contributed by atoms with Crippen LogP contribution in [0.2, 0.25) is 0 Å². The van der Waals surface area contributed by atoms with Crippen molar-refractivity contribution in [1.82, 2.24) is 14.5 Å². The number of imidazole rings is 1. The Morgan fingerprint density at radius 3 is 2.38 bits per heavy atom. The van der Waals surface area contributed by atoms with E-state index in [-0.39, 0.29) is 6.09 Å². The predicted molar refractivity (Wildman–Crippen MR) is 124 cm³/mol. The number of anilines is 2. The Hall–Kier alpha value is -3.49. The number of hydrogen-bond donors (Lipinski definition) is 1. The lowest BCUT2D eigenvalue weighted by molar-refractivity contribution is -0.137. The van der Waals surface area contributed by atoms with Crippen molar-refractivity contribution in [1.29, 1.82) is 0 Å². The molecule has 0 saturated heterocycles. The standard InChI is InChI=1S/C25H27F3N4O2/c1-24(2,3)34-23(33)32-12-11-19-16(13-32)5-10-20(22(19)21-14-31(4)15-29-21)30-18-8-6-17(7-9-18)25(26,27)28/h5-10,14-15,30H,11-13H2,1-4H3. The third-order valence-electron chi connectivity index (χ3n) is 5.51. The van der Waals surface area contributed by atoms with Gasteiger partial charge in [-0.25, -0.2) is 9.78 Å². The number of nitrogens with one attached hydrogen (secondary N) is 1. The van der Waals surface area contributed by atoms with Crippen LogP contribution in [0.25, 0.3) is 11.3 Å². The van der Waals surface area contributed by atoms with E-state index < -0.39 is 17.3 Å². The molecule has 0 aliphatic carbocycles. The number of benzene rings is 2. The molecule has 0 fully saturated rings. The molecule has 34 heavy (non-hydrogen) atoms. The Kier molecular flexibility index (Phi) is 6.05. The maximum Gasteiger partial charge on any atom is 0.416 e. The number of halogens is 3. The molecule has 1 aliphatic heterocycles. The van der Waals surface area contributed by atoms with Crippen LogP contribution < -0.4 is 5.32 Å². The average molecular weight is 473 g/mol. The van der Waals surface area contributed by atoms with Gasteiger partial charge in [0, 0.05) is 43.3 Å². The maximum absolute atomic E-state index is 12.9. The molecule has 6 nitrogen and oxygen atoms in total. The second-order valence-electron chi connectivity index (χ2n) is 9.40. The number of alkyl halides is 3. The molecule has 0 saturated carbocycles. The van der Waals surface area contributed by atoms with Gasteiger partial charge in [-0.15, -0.1) is 0 Å². The average Bonchev–Trinajstić information content (AvgIpc) is 3.17. The topological polar surface area (TPSA) is 59.4 Å². The highest BCUT2D eigenvalue weighted by Gasteiger charge is 2.30. The van der Waals surface area contributed by atoms with E-state index in [1.807, 2.05) is 50.7 Å². The monoisotopic (exact) mass is 472 g/mol. The third-order valence-corrected chi connectivity index (χ3v) is 5.51. The molecule has 1 N–H and O–H groups in total. The fourth-order valence-corrected chi connectivity index (χ4v) is 3.98. The van der Waals surface area contributed by atoms with Crippen molar-refractivity contribution >= 4 is 17.5 Å². The van der Waals surface area contributed by atoms with Gasteiger partial charge in [-0.05, 0) is 68.7 Å². The fourth-order valence-electron chi connectivity index (χ4n) is 3.98. The highest BCUT2D eigenvalue weighted by atomic mass is 19.4. The summed E-state index contributed by atoms with van der Waals surface area (Å²) in [5.74, 6) is 0. The van der Waals surface area contributed by atoms with E-state index in [1.165, 1.54) is 12.1 Å². The molecule has 3 aromatic rings. The van der Waals surface area contributed by atoms with Crippen molar-refractivity contribution in [3.63, 3.8) is 0 Å². The Labute approximate surface area is 196 Å². The molecule has 0 unspecified atom stereocenters. The number of aromatic nitrogens is 2. The number of hydrogen-bond acceptors (Lipinski definition) is 4. The van der Waals surface area contributed by atoms with Gasteiger partial charge >= 0.3 is 12.3 Å². The first-order valence-electron chi connectivity index (χ1n) is 11.0. The zero-order valence-electron chi connectivity index (χ0n) is 19.5. The molecular weight excluding hydrogens is 445 g/mol. The van der Waals surface area contributed by atoms with Gasteiger partial charge in [0.1, 0.15) is 5.60 Å². The van der Waals surface area contributed by atoms with Crippen molar-refractivity contribution < 1.29 is 22.7 Å². The zero-order valence-corrected chi connectivity index (χ0v) is 19.5. The van der Waals surface area contributed by atoms with Crippen LogP contribution in [0.3, 0.4) is 0 Å².